The van der Waals surface area contributed by atoms with E-state index in [2.05, 4.69) is 0 Å². The molecule has 0 aromatic rings. The minimum Gasteiger partial charge on any atom is -0.234 e. The van der Waals surface area contributed by atoms with Gasteiger partial charge >= 0.3 is 0 Å². The average molecular weight is 198 g/mol. The van der Waals surface area contributed by atoms with Gasteiger partial charge in [-0.3, -0.25) is 0 Å². The van der Waals surface area contributed by atoms with Crippen molar-refractivity contribution in [3.05, 3.63) is 12.2 Å². The molecular formula is C10H14O4. The smallest absolute Gasteiger partial charge is 0.126 e. The van der Waals surface area contributed by atoms with Crippen LogP contribution in [0.1, 0.15) is 27.7 Å². The average Bonchev–Trinajstić information content (AvgIpc) is 2.01. The van der Waals surface area contributed by atoms with Crippen molar-refractivity contribution in [1.29, 1.82) is 0 Å². The Balaban J connectivity index is 4.30. The van der Waals surface area contributed by atoms with Crippen LogP contribution in [-0.4, -0.2) is 23.1 Å². The molecule has 0 saturated heterocycles. The van der Waals surface area contributed by atoms with Crippen LogP contribution in [0, 0.1) is 0 Å². The third kappa shape index (κ3) is 5.46. The van der Waals surface area contributed by atoms with E-state index in [0.29, 0.717) is 0 Å². The Hall–Kier alpha value is -1.18. The lowest BCUT2D eigenvalue weighted by Crippen LogP contribution is -2.30. The Bertz CT molecular complexity index is 248. The number of hydrogen-bond donors (Lipinski definition) is 0. The molecule has 0 rings (SSSR count). The van der Waals surface area contributed by atoms with E-state index in [0.717, 1.165) is 0 Å². The minimum absolute atomic E-state index is 0.865. The van der Waals surface area contributed by atoms with Crippen molar-refractivity contribution in [1.82, 2.24) is 0 Å². The highest BCUT2D eigenvalue weighted by atomic mass is 17.2. The van der Waals surface area contributed by atoms with E-state index in [-0.39, 0.29) is 0 Å². The van der Waals surface area contributed by atoms with E-state index < -0.39 is 11.2 Å². The SMILES string of the molecule is CC(C)(C=C=O)OOC(C)(C)C=C=O. The molecule has 0 saturated carbocycles. The first kappa shape index (κ1) is 12.8. The Morgan fingerprint density at radius 2 is 1.14 bits per heavy atom. The summed E-state index contributed by atoms with van der Waals surface area (Å²) < 4.78 is 0. The van der Waals surface area contributed by atoms with E-state index in [1.807, 2.05) is 0 Å². The van der Waals surface area contributed by atoms with Crippen LogP contribution in [0.25, 0.3) is 0 Å². The van der Waals surface area contributed by atoms with Gasteiger partial charge in [-0.15, -0.1) is 0 Å². The van der Waals surface area contributed by atoms with Gasteiger partial charge in [0, 0.05) is 12.2 Å². The van der Waals surface area contributed by atoms with E-state index in [1.54, 1.807) is 39.6 Å². The molecule has 0 aromatic carbocycles. The van der Waals surface area contributed by atoms with Crippen molar-refractivity contribution in [2.24, 2.45) is 0 Å². The minimum atomic E-state index is -0.865. The quantitative estimate of drug-likeness (QED) is 0.379. The molecule has 14 heavy (non-hydrogen) atoms. The monoisotopic (exact) mass is 198 g/mol. The normalized spacial score (nSPS) is 11.4. The van der Waals surface area contributed by atoms with E-state index >= 15 is 0 Å². The molecule has 0 N–H and O–H groups in total. The summed E-state index contributed by atoms with van der Waals surface area (Å²) in [6, 6.07) is 0. The summed E-state index contributed by atoms with van der Waals surface area (Å²) in [5.74, 6) is 3.22. The molecule has 0 aliphatic carbocycles. The maximum Gasteiger partial charge on any atom is 0.126 e. The van der Waals surface area contributed by atoms with Crippen LogP contribution in [0.2, 0.25) is 0 Å². The topological polar surface area (TPSA) is 52.6 Å². The van der Waals surface area contributed by atoms with Crippen LogP contribution < -0.4 is 0 Å². The summed E-state index contributed by atoms with van der Waals surface area (Å²) in [5, 5.41) is 0. The van der Waals surface area contributed by atoms with Crippen LogP contribution in [0.5, 0.6) is 0 Å². The third-order valence-corrected chi connectivity index (χ3v) is 1.28. The Morgan fingerprint density at radius 1 is 0.857 bits per heavy atom. The second-order valence-corrected chi connectivity index (χ2v) is 3.90. The van der Waals surface area contributed by atoms with Crippen molar-refractivity contribution in [3.63, 3.8) is 0 Å². The molecule has 0 bridgehead atoms. The molecule has 0 fully saturated rings. The Labute approximate surface area is 83.1 Å². The summed E-state index contributed by atoms with van der Waals surface area (Å²) >= 11 is 0. The highest BCUT2D eigenvalue weighted by Gasteiger charge is 2.23. The van der Waals surface area contributed by atoms with Gasteiger partial charge in [0.05, 0.1) is 0 Å². The van der Waals surface area contributed by atoms with Gasteiger partial charge < -0.3 is 0 Å². The molecule has 4 nitrogen and oxygen atoms in total. The molecular weight excluding hydrogens is 184 g/mol. The fourth-order valence-electron chi connectivity index (χ4n) is 0.547. The largest absolute Gasteiger partial charge is 0.234 e. The van der Waals surface area contributed by atoms with Crippen molar-refractivity contribution < 1.29 is 19.4 Å². The van der Waals surface area contributed by atoms with Crippen molar-refractivity contribution in [3.8, 4) is 0 Å². The summed E-state index contributed by atoms with van der Waals surface area (Å²) in [6.07, 6.45) is 2.38. The maximum absolute atomic E-state index is 10.1. The van der Waals surface area contributed by atoms with Crippen LogP contribution in [0.4, 0.5) is 0 Å². The van der Waals surface area contributed by atoms with Crippen LogP contribution >= 0.6 is 0 Å². The molecule has 0 heterocycles. The molecule has 0 radical (unpaired) electrons. The summed E-state index contributed by atoms with van der Waals surface area (Å²) in [4.78, 5) is 30.1. The number of carbonyl (C=O) groups excluding carboxylic acids is 2. The van der Waals surface area contributed by atoms with Crippen LogP contribution in [0.3, 0.4) is 0 Å². The first-order chi connectivity index (χ1) is 6.33. The summed E-state index contributed by atoms with van der Waals surface area (Å²) in [7, 11) is 0. The van der Waals surface area contributed by atoms with E-state index in [4.69, 9.17) is 9.78 Å². The lowest BCUT2D eigenvalue weighted by atomic mass is 10.1. The third-order valence-electron chi connectivity index (χ3n) is 1.28. The fourth-order valence-corrected chi connectivity index (χ4v) is 0.547. The zero-order valence-electron chi connectivity index (χ0n) is 8.79. The summed E-state index contributed by atoms with van der Waals surface area (Å²) in [6.45, 7) is 6.55. The predicted octanol–water partition coefficient (Wildman–Crippen LogP) is 1.27. The lowest BCUT2D eigenvalue weighted by molar-refractivity contribution is -0.379. The Morgan fingerprint density at radius 3 is 1.36 bits per heavy atom. The predicted molar refractivity (Wildman–Crippen MR) is 50.9 cm³/mol. The van der Waals surface area contributed by atoms with E-state index in [1.165, 1.54) is 12.2 Å². The number of rotatable bonds is 5. The first-order valence-electron chi connectivity index (χ1n) is 4.14. The highest BCUT2D eigenvalue weighted by molar-refractivity contribution is 5.48. The highest BCUT2D eigenvalue weighted by Crippen LogP contribution is 2.17. The second-order valence-electron chi connectivity index (χ2n) is 3.90. The van der Waals surface area contributed by atoms with Gasteiger partial charge in [-0.1, -0.05) is 0 Å². The second kappa shape index (κ2) is 4.89. The van der Waals surface area contributed by atoms with E-state index in [9.17, 15) is 9.59 Å². The van der Waals surface area contributed by atoms with Crippen LogP contribution in [-0.2, 0) is 19.4 Å². The van der Waals surface area contributed by atoms with Gasteiger partial charge in [0.2, 0.25) is 0 Å². The molecule has 0 aliphatic heterocycles. The molecule has 0 aromatic heterocycles. The maximum atomic E-state index is 10.1. The zero-order chi connectivity index (χ0) is 11.2. The van der Waals surface area contributed by atoms with Gasteiger partial charge in [-0.05, 0) is 27.7 Å². The van der Waals surface area contributed by atoms with Crippen LogP contribution in [0.15, 0.2) is 12.2 Å². The molecule has 4 heteroatoms. The molecule has 78 valence electrons. The molecule has 0 atom stereocenters. The summed E-state index contributed by atoms with van der Waals surface area (Å²) in [5.41, 5.74) is -1.73. The van der Waals surface area contributed by atoms with Gasteiger partial charge in [0.1, 0.15) is 23.1 Å². The van der Waals surface area contributed by atoms with Crippen molar-refractivity contribution in [2.45, 2.75) is 38.9 Å². The number of hydrogen-bond acceptors (Lipinski definition) is 4. The van der Waals surface area contributed by atoms with Gasteiger partial charge in [-0.2, -0.15) is 0 Å². The fraction of sp³-hybridized carbons (Fsp3) is 0.600. The molecule has 0 spiro atoms. The van der Waals surface area contributed by atoms with Gasteiger partial charge in [0.15, 0.2) is 0 Å². The first-order valence-corrected chi connectivity index (χ1v) is 4.14. The standard InChI is InChI=1S/C10H14O4/c1-9(2,5-7-11)13-14-10(3,4)6-8-12/h5-6H,1-4H3. The van der Waals surface area contributed by atoms with Gasteiger partial charge in [0.25, 0.3) is 0 Å². The molecule has 0 unspecified atom stereocenters. The zero-order valence-corrected chi connectivity index (χ0v) is 8.79. The van der Waals surface area contributed by atoms with Crippen molar-refractivity contribution in [2.75, 3.05) is 0 Å². The molecule has 0 aliphatic rings. The van der Waals surface area contributed by atoms with Gasteiger partial charge in [-0.25, -0.2) is 19.4 Å². The lowest BCUT2D eigenvalue weighted by Gasteiger charge is -2.24. The molecule has 0 amide bonds. The van der Waals surface area contributed by atoms with Crippen molar-refractivity contribution >= 4 is 11.9 Å². The Kier molecular flexibility index (Phi) is 4.48.